The Morgan fingerprint density at radius 3 is 3.00 bits per heavy atom. The van der Waals surface area contributed by atoms with Gasteiger partial charge in [0, 0.05) is 48.2 Å². The van der Waals surface area contributed by atoms with Crippen LogP contribution < -0.4 is 10.2 Å². The average Bonchev–Trinajstić information content (AvgIpc) is 3.04. The van der Waals surface area contributed by atoms with E-state index in [4.69, 9.17) is 11.6 Å². The first-order chi connectivity index (χ1) is 11.7. The number of halogens is 1. The SMILES string of the molecule is O=C(CCCc1ccccn1)NC1CCN(c2cccc(Cl)c2)C1. The fraction of sp³-hybridized carbons (Fsp3) is 0.368. The van der Waals surface area contributed by atoms with Crippen LogP contribution in [0.3, 0.4) is 0 Å². The average molecular weight is 344 g/mol. The van der Waals surface area contributed by atoms with E-state index < -0.39 is 0 Å². The molecule has 2 aromatic rings. The summed E-state index contributed by atoms with van der Waals surface area (Å²) in [4.78, 5) is 18.7. The van der Waals surface area contributed by atoms with E-state index >= 15 is 0 Å². The lowest BCUT2D eigenvalue weighted by Gasteiger charge is -2.19. The highest BCUT2D eigenvalue weighted by Crippen LogP contribution is 2.23. The number of rotatable bonds is 6. The van der Waals surface area contributed by atoms with Gasteiger partial charge in [-0.1, -0.05) is 23.7 Å². The third-order valence-corrected chi connectivity index (χ3v) is 4.52. The lowest BCUT2D eigenvalue weighted by atomic mass is 10.1. The highest BCUT2D eigenvalue weighted by molar-refractivity contribution is 6.30. The number of benzene rings is 1. The summed E-state index contributed by atoms with van der Waals surface area (Å²) in [6.45, 7) is 1.78. The molecule has 1 fully saturated rings. The van der Waals surface area contributed by atoms with Gasteiger partial charge >= 0.3 is 0 Å². The molecule has 1 atom stereocenters. The van der Waals surface area contributed by atoms with Crippen molar-refractivity contribution in [3.63, 3.8) is 0 Å². The molecule has 0 aliphatic carbocycles. The van der Waals surface area contributed by atoms with Gasteiger partial charge in [0.1, 0.15) is 0 Å². The minimum atomic E-state index is 0.129. The number of nitrogens with zero attached hydrogens (tertiary/aromatic N) is 2. The molecular formula is C19H22ClN3O. The summed E-state index contributed by atoms with van der Waals surface area (Å²) in [5.74, 6) is 0.129. The number of hydrogen-bond donors (Lipinski definition) is 1. The summed E-state index contributed by atoms with van der Waals surface area (Å²) < 4.78 is 0. The monoisotopic (exact) mass is 343 g/mol. The molecule has 0 bridgehead atoms. The van der Waals surface area contributed by atoms with Gasteiger partial charge < -0.3 is 10.2 Å². The molecule has 4 nitrogen and oxygen atoms in total. The second kappa shape index (κ2) is 8.15. The second-order valence-electron chi connectivity index (χ2n) is 6.15. The first-order valence-electron chi connectivity index (χ1n) is 8.40. The summed E-state index contributed by atoms with van der Waals surface area (Å²) in [6.07, 6.45) is 4.97. The maximum atomic E-state index is 12.1. The maximum absolute atomic E-state index is 12.1. The van der Waals surface area contributed by atoms with Crippen LogP contribution in [-0.4, -0.2) is 30.0 Å². The minimum absolute atomic E-state index is 0.129. The van der Waals surface area contributed by atoms with Crippen molar-refractivity contribution in [3.05, 3.63) is 59.4 Å². The summed E-state index contributed by atoms with van der Waals surface area (Å²) in [5, 5.41) is 3.89. The molecule has 1 saturated heterocycles. The lowest BCUT2D eigenvalue weighted by molar-refractivity contribution is -0.121. The molecule has 1 aliphatic rings. The molecule has 1 aromatic carbocycles. The van der Waals surface area contributed by atoms with E-state index in [2.05, 4.69) is 21.3 Å². The van der Waals surface area contributed by atoms with E-state index in [0.29, 0.717) is 6.42 Å². The topological polar surface area (TPSA) is 45.2 Å². The van der Waals surface area contributed by atoms with E-state index in [1.807, 2.05) is 36.4 Å². The van der Waals surface area contributed by atoms with Gasteiger partial charge in [-0.25, -0.2) is 0 Å². The van der Waals surface area contributed by atoms with E-state index in [0.717, 1.165) is 48.8 Å². The fourth-order valence-electron chi connectivity index (χ4n) is 3.06. The van der Waals surface area contributed by atoms with Gasteiger partial charge in [0.2, 0.25) is 5.91 Å². The van der Waals surface area contributed by atoms with Crippen molar-refractivity contribution in [2.75, 3.05) is 18.0 Å². The van der Waals surface area contributed by atoms with Crippen molar-refractivity contribution in [1.82, 2.24) is 10.3 Å². The van der Waals surface area contributed by atoms with Gasteiger partial charge in [-0.05, 0) is 49.6 Å². The van der Waals surface area contributed by atoms with Crippen LogP contribution in [0.5, 0.6) is 0 Å². The Hall–Kier alpha value is -2.07. The molecule has 24 heavy (non-hydrogen) atoms. The molecule has 1 unspecified atom stereocenters. The van der Waals surface area contributed by atoms with E-state index in [1.165, 1.54) is 0 Å². The van der Waals surface area contributed by atoms with Crippen LogP contribution in [-0.2, 0) is 11.2 Å². The van der Waals surface area contributed by atoms with Gasteiger partial charge in [-0.15, -0.1) is 0 Å². The Labute approximate surface area is 147 Å². The number of pyridine rings is 1. The molecule has 1 aromatic heterocycles. The molecule has 0 radical (unpaired) electrons. The Balaban J connectivity index is 1.41. The van der Waals surface area contributed by atoms with E-state index in [9.17, 15) is 4.79 Å². The van der Waals surface area contributed by atoms with Crippen molar-refractivity contribution < 1.29 is 4.79 Å². The van der Waals surface area contributed by atoms with Crippen molar-refractivity contribution in [2.24, 2.45) is 0 Å². The Morgan fingerprint density at radius 1 is 1.29 bits per heavy atom. The summed E-state index contributed by atoms with van der Waals surface area (Å²) in [7, 11) is 0. The van der Waals surface area contributed by atoms with Crippen molar-refractivity contribution in [1.29, 1.82) is 0 Å². The summed E-state index contributed by atoms with van der Waals surface area (Å²) in [6, 6.07) is 14.0. The predicted molar refractivity (Wildman–Crippen MR) is 97.4 cm³/mol. The Morgan fingerprint density at radius 2 is 2.21 bits per heavy atom. The highest BCUT2D eigenvalue weighted by atomic mass is 35.5. The zero-order valence-corrected chi connectivity index (χ0v) is 14.4. The number of anilines is 1. The smallest absolute Gasteiger partial charge is 0.220 e. The number of carbonyl (C=O) groups excluding carboxylic acids is 1. The van der Waals surface area contributed by atoms with Crippen LogP contribution in [0.2, 0.25) is 5.02 Å². The predicted octanol–water partition coefficient (Wildman–Crippen LogP) is 3.45. The molecule has 0 spiro atoms. The highest BCUT2D eigenvalue weighted by Gasteiger charge is 2.23. The van der Waals surface area contributed by atoms with Crippen LogP contribution in [0.4, 0.5) is 5.69 Å². The first-order valence-corrected chi connectivity index (χ1v) is 8.78. The first kappa shape index (κ1) is 16.8. The van der Waals surface area contributed by atoms with Crippen LogP contribution in [0.25, 0.3) is 0 Å². The molecule has 1 amide bonds. The van der Waals surface area contributed by atoms with Crippen molar-refractivity contribution in [2.45, 2.75) is 31.7 Å². The number of nitrogens with one attached hydrogen (secondary N) is 1. The summed E-state index contributed by atoms with van der Waals surface area (Å²) in [5.41, 5.74) is 2.16. The van der Waals surface area contributed by atoms with Crippen LogP contribution in [0.15, 0.2) is 48.7 Å². The van der Waals surface area contributed by atoms with E-state index in [-0.39, 0.29) is 11.9 Å². The molecule has 1 N–H and O–H groups in total. The Kier molecular flexibility index (Phi) is 5.70. The fourth-order valence-corrected chi connectivity index (χ4v) is 3.25. The Bertz CT molecular complexity index is 677. The number of carbonyl (C=O) groups is 1. The zero-order chi connectivity index (χ0) is 16.8. The van der Waals surface area contributed by atoms with Gasteiger partial charge in [0.25, 0.3) is 0 Å². The van der Waals surface area contributed by atoms with Gasteiger partial charge in [-0.2, -0.15) is 0 Å². The molecule has 5 heteroatoms. The zero-order valence-electron chi connectivity index (χ0n) is 13.6. The van der Waals surface area contributed by atoms with Gasteiger partial charge in [-0.3, -0.25) is 9.78 Å². The molecule has 126 valence electrons. The molecule has 1 aliphatic heterocycles. The van der Waals surface area contributed by atoms with Crippen molar-refractivity contribution >= 4 is 23.2 Å². The molecule has 0 saturated carbocycles. The maximum Gasteiger partial charge on any atom is 0.220 e. The van der Waals surface area contributed by atoms with Crippen LogP contribution in [0, 0.1) is 0 Å². The van der Waals surface area contributed by atoms with Crippen molar-refractivity contribution in [3.8, 4) is 0 Å². The third-order valence-electron chi connectivity index (χ3n) is 4.29. The minimum Gasteiger partial charge on any atom is -0.369 e. The number of aryl methyl sites for hydroxylation is 1. The van der Waals surface area contributed by atoms with Crippen LogP contribution >= 0.6 is 11.6 Å². The van der Waals surface area contributed by atoms with Gasteiger partial charge in [0.05, 0.1) is 0 Å². The largest absolute Gasteiger partial charge is 0.369 e. The van der Waals surface area contributed by atoms with E-state index in [1.54, 1.807) is 6.20 Å². The number of hydrogen-bond acceptors (Lipinski definition) is 3. The quantitative estimate of drug-likeness (QED) is 0.873. The third kappa shape index (κ3) is 4.71. The second-order valence-corrected chi connectivity index (χ2v) is 6.59. The normalized spacial score (nSPS) is 17.0. The standard InChI is InChI=1S/C19H22ClN3O/c20-15-5-3-8-18(13-15)23-12-10-17(14-23)22-19(24)9-4-7-16-6-1-2-11-21-16/h1-3,5-6,8,11,13,17H,4,7,9-10,12,14H2,(H,22,24). The molecule has 2 heterocycles. The number of aromatic nitrogens is 1. The molecule has 3 rings (SSSR count). The van der Waals surface area contributed by atoms with Crippen LogP contribution in [0.1, 0.15) is 25.0 Å². The lowest BCUT2D eigenvalue weighted by Crippen LogP contribution is -2.37. The number of amides is 1. The summed E-state index contributed by atoms with van der Waals surface area (Å²) >= 11 is 6.05. The molecular weight excluding hydrogens is 322 g/mol. The van der Waals surface area contributed by atoms with Gasteiger partial charge in [0.15, 0.2) is 0 Å².